The number of ketones is 1. The first-order chi connectivity index (χ1) is 12.6. The third-order valence-electron chi connectivity index (χ3n) is 9.40. The molecule has 4 aliphatic rings. The van der Waals surface area contributed by atoms with E-state index in [9.17, 15) is 4.79 Å². The van der Waals surface area contributed by atoms with Gasteiger partial charge < -0.3 is 4.43 Å². The summed E-state index contributed by atoms with van der Waals surface area (Å²) >= 11 is 12.7. The van der Waals surface area contributed by atoms with Gasteiger partial charge in [0.05, 0.1) is 5.60 Å². The van der Waals surface area contributed by atoms with Gasteiger partial charge in [-0.2, -0.15) is 0 Å². The first kappa shape index (κ1) is 20.7. The van der Waals surface area contributed by atoms with Crippen LogP contribution < -0.4 is 0 Å². The molecular formula is C22H36Cl2O2Si. The molecule has 6 unspecified atom stereocenters. The van der Waals surface area contributed by atoms with Gasteiger partial charge in [0.2, 0.25) is 8.32 Å². The molecule has 0 aromatic rings. The molecule has 0 aromatic carbocycles. The Morgan fingerprint density at radius 1 is 1.00 bits per heavy atom. The minimum Gasteiger partial charge on any atom is -0.409 e. The minimum atomic E-state index is -2.16. The summed E-state index contributed by atoms with van der Waals surface area (Å²) in [7, 11) is -2.16. The zero-order valence-corrected chi connectivity index (χ0v) is 20.0. The highest BCUT2D eigenvalue weighted by molar-refractivity contribution is 6.88. The van der Waals surface area contributed by atoms with E-state index in [1.807, 2.05) is 0 Å². The van der Waals surface area contributed by atoms with E-state index in [0.29, 0.717) is 23.5 Å². The Morgan fingerprint density at radius 2 is 1.70 bits per heavy atom. The molecule has 4 saturated carbocycles. The van der Waals surface area contributed by atoms with Crippen molar-refractivity contribution in [2.75, 3.05) is 0 Å². The maximum absolute atomic E-state index is 12.6. The Kier molecular flexibility index (Phi) is 5.15. The second-order valence-electron chi connectivity index (χ2n) is 11.0. The largest absolute Gasteiger partial charge is 0.409 e. The van der Waals surface area contributed by atoms with Crippen molar-refractivity contribution < 1.29 is 9.22 Å². The molecule has 6 atom stereocenters. The van der Waals surface area contributed by atoms with Crippen LogP contribution in [0.15, 0.2) is 0 Å². The summed E-state index contributed by atoms with van der Waals surface area (Å²) in [6.07, 6.45) is 11.5. The zero-order chi connectivity index (χ0) is 19.7. The molecule has 154 valence electrons. The Labute approximate surface area is 176 Å². The van der Waals surface area contributed by atoms with E-state index in [1.165, 1.54) is 32.1 Å². The van der Waals surface area contributed by atoms with Gasteiger partial charge >= 0.3 is 0 Å². The van der Waals surface area contributed by atoms with Crippen LogP contribution in [0, 0.1) is 28.6 Å². The van der Waals surface area contributed by atoms with Crippen LogP contribution in [0.2, 0.25) is 13.1 Å². The number of alkyl halides is 2. The molecule has 4 rings (SSSR count). The molecule has 0 aliphatic heterocycles. The third kappa shape index (κ3) is 2.92. The van der Waals surface area contributed by atoms with Gasteiger partial charge in [-0.25, -0.2) is 0 Å². The third-order valence-corrected chi connectivity index (χ3v) is 14.5. The molecule has 4 fully saturated rings. The number of rotatable bonds is 3. The molecule has 2 nitrogen and oxygen atoms in total. The fourth-order valence-corrected chi connectivity index (χ4v) is 9.57. The molecular weight excluding hydrogens is 395 g/mol. The van der Waals surface area contributed by atoms with Crippen molar-refractivity contribution in [2.24, 2.45) is 28.6 Å². The van der Waals surface area contributed by atoms with Gasteiger partial charge in [0, 0.05) is 11.8 Å². The first-order valence-corrected chi connectivity index (χ1v) is 14.9. The predicted molar refractivity (Wildman–Crippen MR) is 115 cm³/mol. The van der Waals surface area contributed by atoms with Crippen molar-refractivity contribution >= 4 is 37.3 Å². The van der Waals surface area contributed by atoms with Crippen LogP contribution in [-0.4, -0.2) is 24.2 Å². The van der Waals surface area contributed by atoms with Crippen LogP contribution in [0.5, 0.6) is 0 Å². The number of hydrogen-bond donors (Lipinski definition) is 0. The van der Waals surface area contributed by atoms with Crippen LogP contribution in [-0.2, 0) is 9.22 Å². The summed E-state index contributed by atoms with van der Waals surface area (Å²) in [4.78, 5) is 12.6. The molecule has 27 heavy (non-hydrogen) atoms. The van der Waals surface area contributed by atoms with Crippen molar-refractivity contribution in [3.63, 3.8) is 0 Å². The van der Waals surface area contributed by atoms with Crippen molar-refractivity contribution in [3.8, 4) is 0 Å². The molecule has 0 radical (unpaired) electrons. The molecule has 0 amide bonds. The van der Waals surface area contributed by atoms with Crippen molar-refractivity contribution in [1.82, 2.24) is 0 Å². The van der Waals surface area contributed by atoms with E-state index in [0.717, 1.165) is 32.1 Å². The standard InChI is InChI=1S/C22H36Cl2O2Si/c1-20-13-10-17-15(16(20)7-8-18(20)25)9-14-22(26-27(3,4)19(23)24)12-6-5-11-21(17,22)2/h15-17,19H,5-14H2,1-4H3. The number of carbonyl (C=O) groups excluding carboxylic acids is 1. The van der Waals surface area contributed by atoms with Crippen molar-refractivity contribution in [1.29, 1.82) is 0 Å². The lowest BCUT2D eigenvalue weighted by molar-refractivity contribution is -0.193. The van der Waals surface area contributed by atoms with Gasteiger partial charge in [0.25, 0.3) is 0 Å². The molecule has 4 aliphatic carbocycles. The number of halogens is 2. The second-order valence-corrected chi connectivity index (χ2v) is 16.8. The lowest BCUT2D eigenvalue weighted by Gasteiger charge is -2.65. The highest BCUT2D eigenvalue weighted by atomic mass is 35.5. The molecule has 0 spiro atoms. The van der Waals surface area contributed by atoms with Gasteiger partial charge in [-0.15, -0.1) is 23.2 Å². The highest BCUT2D eigenvalue weighted by Gasteiger charge is 2.65. The second kappa shape index (κ2) is 6.72. The summed E-state index contributed by atoms with van der Waals surface area (Å²) in [5.74, 6) is 2.51. The number of carbonyl (C=O) groups is 1. The van der Waals surface area contributed by atoms with E-state index < -0.39 is 12.8 Å². The fourth-order valence-electron chi connectivity index (χ4n) is 7.77. The van der Waals surface area contributed by atoms with E-state index >= 15 is 0 Å². The van der Waals surface area contributed by atoms with Crippen LogP contribution in [0.3, 0.4) is 0 Å². The Balaban J connectivity index is 1.68. The van der Waals surface area contributed by atoms with Gasteiger partial charge in [-0.05, 0) is 81.2 Å². The maximum atomic E-state index is 12.6. The highest BCUT2D eigenvalue weighted by Crippen LogP contribution is 2.67. The monoisotopic (exact) mass is 430 g/mol. The average Bonchev–Trinajstić information content (AvgIpc) is 2.90. The quantitative estimate of drug-likeness (QED) is 0.368. The van der Waals surface area contributed by atoms with Crippen molar-refractivity contribution in [2.45, 2.75) is 101 Å². The number of Topliss-reactive ketones (excluding diaryl/α,β-unsaturated/α-hetero) is 1. The van der Waals surface area contributed by atoms with Crippen LogP contribution in [0.25, 0.3) is 0 Å². The van der Waals surface area contributed by atoms with Gasteiger partial charge in [0.1, 0.15) is 10.2 Å². The molecule has 0 heterocycles. The lowest BCUT2D eigenvalue weighted by atomic mass is 9.44. The van der Waals surface area contributed by atoms with Crippen LogP contribution in [0.1, 0.15) is 78.1 Å². The summed E-state index contributed by atoms with van der Waals surface area (Å²) in [6, 6.07) is 0. The maximum Gasteiger partial charge on any atom is 0.220 e. The van der Waals surface area contributed by atoms with E-state index in [1.54, 1.807) is 0 Å². The molecule has 0 N–H and O–H groups in total. The molecule has 0 bridgehead atoms. The van der Waals surface area contributed by atoms with Crippen molar-refractivity contribution in [3.05, 3.63) is 0 Å². The Bertz CT molecular complexity index is 623. The summed E-state index contributed by atoms with van der Waals surface area (Å²) in [6.45, 7) is 9.15. The summed E-state index contributed by atoms with van der Waals surface area (Å²) < 4.78 is 6.66. The van der Waals surface area contributed by atoms with Crippen LogP contribution >= 0.6 is 23.2 Å². The van der Waals surface area contributed by atoms with Gasteiger partial charge in [-0.1, -0.05) is 26.7 Å². The zero-order valence-electron chi connectivity index (χ0n) is 17.5. The average molecular weight is 432 g/mol. The van der Waals surface area contributed by atoms with Crippen LogP contribution in [0.4, 0.5) is 0 Å². The SMILES string of the molecule is CC12CCC3C(CCC4(O[Si](C)(C)C(Cl)Cl)CCCCC34C)C1CCC2=O. The first-order valence-electron chi connectivity index (χ1n) is 11.1. The van der Waals surface area contributed by atoms with E-state index in [4.69, 9.17) is 27.6 Å². The molecule has 0 aromatic heterocycles. The Hall–Kier alpha value is 0.427. The Morgan fingerprint density at radius 3 is 2.41 bits per heavy atom. The smallest absolute Gasteiger partial charge is 0.220 e. The number of hydrogen-bond acceptors (Lipinski definition) is 2. The molecule has 5 heteroatoms. The summed E-state index contributed by atoms with van der Waals surface area (Å²) in [5.41, 5.74) is 0.104. The normalized spacial score (nSPS) is 47.5. The summed E-state index contributed by atoms with van der Waals surface area (Å²) in [5, 5.41) is 0. The number of fused-ring (bicyclic) bond motifs is 5. The van der Waals surface area contributed by atoms with E-state index in [-0.39, 0.29) is 16.4 Å². The van der Waals surface area contributed by atoms with E-state index in [2.05, 4.69) is 26.9 Å². The van der Waals surface area contributed by atoms with Gasteiger partial charge in [-0.3, -0.25) is 4.79 Å². The molecule has 0 saturated heterocycles. The van der Waals surface area contributed by atoms with Gasteiger partial charge in [0.15, 0.2) is 0 Å². The topological polar surface area (TPSA) is 26.3 Å². The lowest BCUT2D eigenvalue weighted by Crippen LogP contribution is -2.65. The minimum absolute atomic E-state index is 0.0432. The fraction of sp³-hybridized carbons (Fsp3) is 0.955. The predicted octanol–water partition coefficient (Wildman–Crippen LogP) is 6.68.